The second-order valence-corrected chi connectivity index (χ2v) is 9.10. The lowest BCUT2D eigenvalue weighted by Crippen LogP contribution is -2.50. The Bertz CT molecular complexity index is 300. The third kappa shape index (κ3) is 4.14. The summed E-state index contributed by atoms with van der Waals surface area (Å²) in [5.74, 6) is 4.37. The van der Waals surface area contributed by atoms with Crippen LogP contribution in [-0.2, 0) is 0 Å². The zero-order valence-corrected chi connectivity index (χ0v) is 14.9. The fourth-order valence-electron chi connectivity index (χ4n) is 3.97. The van der Waals surface area contributed by atoms with Crippen molar-refractivity contribution in [1.29, 1.82) is 0 Å². The zero-order chi connectivity index (χ0) is 14.8. The van der Waals surface area contributed by atoms with E-state index in [1.807, 2.05) is 0 Å². The van der Waals surface area contributed by atoms with Crippen LogP contribution in [0.1, 0.15) is 47.0 Å². The first-order valence-electron chi connectivity index (χ1n) is 8.41. The molecular formula is C17H34N2S. The molecule has 2 rings (SSSR count). The average Bonchev–Trinajstić information content (AvgIpc) is 2.40. The van der Waals surface area contributed by atoms with Crippen LogP contribution in [0.25, 0.3) is 0 Å². The molecule has 4 atom stereocenters. The Hall–Kier alpha value is 0.270. The van der Waals surface area contributed by atoms with Crippen molar-refractivity contribution in [2.75, 3.05) is 31.6 Å². The first-order chi connectivity index (χ1) is 9.41. The fourth-order valence-corrected chi connectivity index (χ4v) is 5.05. The summed E-state index contributed by atoms with van der Waals surface area (Å²) in [5.41, 5.74) is 0.473. The molecule has 0 amide bonds. The van der Waals surface area contributed by atoms with E-state index in [2.05, 4.69) is 56.7 Å². The first kappa shape index (κ1) is 16.6. The summed E-state index contributed by atoms with van der Waals surface area (Å²) in [4.78, 5) is 2.75. The minimum Gasteiger partial charge on any atom is -0.317 e. The number of rotatable bonds is 3. The van der Waals surface area contributed by atoms with Crippen LogP contribution in [0.2, 0.25) is 0 Å². The van der Waals surface area contributed by atoms with Gasteiger partial charge in [0.2, 0.25) is 0 Å². The van der Waals surface area contributed by atoms with Crippen LogP contribution < -0.4 is 5.32 Å². The number of thioether (sulfide) groups is 1. The topological polar surface area (TPSA) is 15.3 Å². The van der Waals surface area contributed by atoms with Crippen LogP contribution in [0.3, 0.4) is 0 Å². The number of hydrogen-bond donors (Lipinski definition) is 1. The molecule has 0 spiro atoms. The maximum Gasteiger partial charge on any atom is 0.0158 e. The van der Waals surface area contributed by atoms with E-state index in [0.717, 1.165) is 23.9 Å². The van der Waals surface area contributed by atoms with E-state index < -0.39 is 0 Å². The van der Waals surface area contributed by atoms with Gasteiger partial charge in [-0.3, -0.25) is 4.90 Å². The molecule has 0 aromatic rings. The van der Waals surface area contributed by atoms with Crippen molar-refractivity contribution in [3.8, 4) is 0 Å². The van der Waals surface area contributed by atoms with Gasteiger partial charge < -0.3 is 5.32 Å². The average molecular weight is 299 g/mol. The van der Waals surface area contributed by atoms with Gasteiger partial charge in [0.1, 0.15) is 0 Å². The molecule has 1 N–H and O–H groups in total. The second-order valence-electron chi connectivity index (χ2n) is 7.95. The number of hydrogen-bond acceptors (Lipinski definition) is 3. The molecule has 0 aromatic heterocycles. The molecule has 2 aliphatic rings. The van der Waals surface area contributed by atoms with E-state index in [-0.39, 0.29) is 0 Å². The molecule has 1 heterocycles. The second kappa shape index (κ2) is 7.02. The molecule has 3 heteroatoms. The normalized spacial score (nSPS) is 37.0. The summed E-state index contributed by atoms with van der Waals surface area (Å²) in [7, 11) is 2.16. The third-order valence-electron chi connectivity index (χ3n) is 5.55. The van der Waals surface area contributed by atoms with E-state index in [1.165, 1.54) is 43.9 Å². The molecule has 1 saturated carbocycles. The van der Waals surface area contributed by atoms with E-state index in [4.69, 9.17) is 0 Å². The largest absolute Gasteiger partial charge is 0.317 e. The van der Waals surface area contributed by atoms with Crippen molar-refractivity contribution >= 4 is 11.8 Å². The predicted molar refractivity (Wildman–Crippen MR) is 91.5 cm³/mol. The predicted octanol–water partition coefficient (Wildman–Crippen LogP) is 3.47. The lowest BCUT2D eigenvalue weighted by Gasteiger charge is -2.45. The van der Waals surface area contributed by atoms with Crippen molar-refractivity contribution in [1.82, 2.24) is 10.2 Å². The monoisotopic (exact) mass is 298 g/mol. The minimum absolute atomic E-state index is 0.473. The molecule has 1 aliphatic heterocycles. The van der Waals surface area contributed by atoms with Gasteiger partial charge in [-0.15, -0.1) is 0 Å². The van der Waals surface area contributed by atoms with Gasteiger partial charge in [-0.05, 0) is 50.5 Å². The summed E-state index contributed by atoms with van der Waals surface area (Å²) in [6, 6.07) is 1.50. The van der Waals surface area contributed by atoms with E-state index in [1.54, 1.807) is 0 Å². The van der Waals surface area contributed by atoms with Crippen LogP contribution in [0.15, 0.2) is 0 Å². The molecular weight excluding hydrogens is 264 g/mol. The Kier molecular flexibility index (Phi) is 5.84. The maximum atomic E-state index is 3.60. The molecule has 2 nitrogen and oxygen atoms in total. The van der Waals surface area contributed by atoms with E-state index in [0.29, 0.717) is 5.41 Å². The Morgan fingerprint density at radius 1 is 1.25 bits per heavy atom. The molecule has 1 aliphatic carbocycles. The summed E-state index contributed by atoms with van der Waals surface area (Å²) in [6.45, 7) is 12.3. The standard InChI is InChI=1S/C17H34N2S/c1-13-12-20-9-8-19(13)11-14-10-15(17(2,3)4)6-7-16(14)18-5/h13-16,18H,6-12H2,1-5H3. The van der Waals surface area contributed by atoms with Crippen molar-refractivity contribution in [3.63, 3.8) is 0 Å². The molecule has 20 heavy (non-hydrogen) atoms. The van der Waals surface area contributed by atoms with E-state index >= 15 is 0 Å². The molecule has 0 radical (unpaired) electrons. The SMILES string of the molecule is CNC1CCC(C(C)(C)C)CC1CN1CCSCC1C. The third-order valence-corrected chi connectivity index (χ3v) is 6.74. The number of nitrogens with one attached hydrogen (secondary N) is 1. The lowest BCUT2D eigenvalue weighted by atomic mass is 9.67. The van der Waals surface area contributed by atoms with Gasteiger partial charge in [0.15, 0.2) is 0 Å². The van der Waals surface area contributed by atoms with Crippen LogP contribution in [0.5, 0.6) is 0 Å². The first-order valence-corrected chi connectivity index (χ1v) is 9.56. The Labute approximate surface area is 130 Å². The van der Waals surface area contributed by atoms with Gasteiger partial charge in [-0.1, -0.05) is 20.8 Å². The summed E-state index contributed by atoms with van der Waals surface area (Å²) in [6.07, 6.45) is 4.17. The molecule has 4 unspecified atom stereocenters. The Morgan fingerprint density at radius 3 is 2.60 bits per heavy atom. The van der Waals surface area contributed by atoms with Crippen LogP contribution in [0, 0.1) is 17.3 Å². The lowest BCUT2D eigenvalue weighted by molar-refractivity contribution is 0.0821. The zero-order valence-electron chi connectivity index (χ0n) is 14.1. The quantitative estimate of drug-likeness (QED) is 0.859. The van der Waals surface area contributed by atoms with Gasteiger partial charge in [0, 0.05) is 36.7 Å². The highest BCUT2D eigenvalue weighted by atomic mass is 32.2. The van der Waals surface area contributed by atoms with Crippen molar-refractivity contribution in [2.24, 2.45) is 17.3 Å². The smallest absolute Gasteiger partial charge is 0.0158 e. The highest BCUT2D eigenvalue weighted by molar-refractivity contribution is 7.99. The summed E-state index contributed by atoms with van der Waals surface area (Å²) >= 11 is 2.12. The Morgan fingerprint density at radius 2 is 2.00 bits per heavy atom. The van der Waals surface area contributed by atoms with Crippen LogP contribution >= 0.6 is 11.8 Å². The highest BCUT2D eigenvalue weighted by Crippen LogP contribution is 2.40. The van der Waals surface area contributed by atoms with E-state index in [9.17, 15) is 0 Å². The van der Waals surface area contributed by atoms with Crippen LogP contribution in [0.4, 0.5) is 0 Å². The van der Waals surface area contributed by atoms with Crippen LogP contribution in [-0.4, -0.2) is 48.6 Å². The van der Waals surface area contributed by atoms with Crippen molar-refractivity contribution < 1.29 is 0 Å². The molecule has 118 valence electrons. The fraction of sp³-hybridized carbons (Fsp3) is 1.00. The molecule has 1 saturated heterocycles. The van der Waals surface area contributed by atoms with Gasteiger partial charge in [0.05, 0.1) is 0 Å². The van der Waals surface area contributed by atoms with Gasteiger partial charge in [0.25, 0.3) is 0 Å². The van der Waals surface area contributed by atoms with Crippen molar-refractivity contribution in [3.05, 3.63) is 0 Å². The molecule has 0 bridgehead atoms. The van der Waals surface area contributed by atoms with Crippen molar-refractivity contribution in [2.45, 2.75) is 59.0 Å². The Balaban J connectivity index is 1.98. The van der Waals surface area contributed by atoms with Gasteiger partial charge in [-0.25, -0.2) is 0 Å². The minimum atomic E-state index is 0.473. The van der Waals surface area contributed by atoms with Gasteiger partial charge in [-0.2, -0.15) is 11.8 Å². The summed E-state index contributed by atoms with van der Waals surface area (Å²) in [5, 5.41) is 3.60. The number of nitrogens with zero attached hydrogens (tertiary/aromatic N) is 1. The summed E-state index contributed by atoms with van der Waals surface area (Å²) < 4.78 is 0. The molecule has 2 fully saturated rings. The molecule has 0 aromatic carbocycles. The van der Waals surface area contributed by atoms with Gasteiger partial charge >= 0.3 is 0 Å². The highest BCUT2D eigenvalue weighted by Gasteiger charge is 2.36. The maximum absolute atomic E-state index is 3.60.